The van der Waals surface area contributed by atoms with E-state index < -0.39 is 0 Å². The summed E-state index contributed by atoms with van der Waals surface area (Å²) in [7, 11) is 3.49. The first-order valence-corrected chi connectivity index (χ1v) is 6.19. The summed E-state index contributed by atoms with van der Waals surface area (Å²) in [4.78, 5) is 0. The van der Waals surface area contributed by atoms with Gasteiger partial charge in [0.2, 0.25) is 0 Å². The van der Waals surface area contributed by atoms with Gasteiger partial charge in [0.15, 0.2) is 0 Å². The third kappa shape index (κ3) is 4.78. The summed E-state index contributed by atoms with van der Waals surface area (Å²) in [5.41, 5.74) is 6.09. The van der Waals surface area contributed by atoms with Crippen molar-refractivity contribution in [1.29, 1.82) is 0 Å². The summed E-state index contributed by atoms with van der Waals surface area (Å²) in [6.45, 7) is 3.58. The van der Waals surface area contributed by atoms with E-state index >= 15 is 0 Å². The maximum atomic E-state index is 5.56. The highest BCUT2D eigenvalue weighted by Crippen LogP contribution is 2.48. The highest BCUT2D eigenvalue weighted by atomic mass is 16.5. The van der Waals surface area contributed by atoms with Gasteiger partial charge in [-0.1, -0.05) is 0 Å². The number of methoxy groups -OCH3 is 2. The molecular formula is C12H26N2O2. The predicted molar refractivity (Wildman–Crippen MR) is 65.5 cm³/mol. The smallest absolute Gasteiger partial charge is 0.0705 e. The number of nitrogens with one attached hydrogen (secondary N) is 1. The zero-order valence-electron chi connectivity index (χ0n) is 10.6. The Bertz CT molecular complexity index is 180. The van der Waals surface area contributed by atoms with Crippen LogP contribution < -0.4 is 11.1 Å². The van der Waals surface area contributed by atoms with Crippen molar-refractivity contribution in [2.24, 2.45) is 11.1 Å². The maximum absolute atomic E-state index is 5.56. The van der Waals surface area contributed by atoms with Gasteiger partial charge in [-0.25, -0.2) is 0 Å². The van der Waals surface area contributed by atoms with E-state index in [0.29, 0.717) is 12.0 Å². The molecule has 1 saturated carbocycles. The Hall–Kier alpha value is -0.160. The molecule has 0 amide bonds. The summed E-state index contributed by atoms with van der Waals surface area (Å²) >= 11 is 0. The molecule has 0 aromatic rings. The average Bonchev–Trinajstić information content (AvgIpc) is 3.07. The van der Waals surface area contributed by atoms with Crippen LogP contribution in [0.25, 0.3) is 0 Å². The summed E-state index contributed by atoms with van der Waals surface area (Å²) in [5.74, 6) is 0. The first kappa shape index (κ1) is 13.9. The number of ether oxygens (including phenoxy) is 2. The van der Waals surface area contributed by atoms with E-state index in [-0.39, 0.29) is 6.10 Å². The molecule has 1 rings (SSSR count). The highest BCUT2D eigenvalue weighted by Gasteiger charge is 2.41. The van der Waals surface area contributed by atoms with Gasteiger partial charge in [0.25, 0.3) is 0 Å². The lowest BCUT2D eigenvalue weighted by Crippen LogP contribution is -2.31. The molecule has 96 valence electrons. The lowest BCUT2D eigenvalue weighted by Gasteiger charge is -2.17. The van der Waals surface area contributed by atoms with Crippen LogP contribution in [0.15, 0.2) is 0 Å². The Balaban J connectivity index is 2.02. The molecule has 1 fully saturated rings. The molecule has 1 atom stereocenters. The van der Waals surface area contributed by atoms with Crippen molar-refractivity contribution >= 4 is 0 Å². The van der Waals surface area contributed by atoms with E-state index in [4.69, 9.17) is 15.2 Å². The van der Waals surface area contributed by atoms with Crippen molar-refractivity contribution in [1.82, 2.24) is 5.32 Å². The van der Waals surface area contributed by atoms with E-state index in [1.54, 1.807) is 14.2 Å². The van der Waals surface area contributed by atoms with Crippen LogP contribution in [0.2, 0.25) is 0 Å². The molecule has 0 spiro atoms. The van der Waals surface area contributed by atoms with Gasteiger partial charge in [0, 0.05) is 33.9 Å². The zero-order chi connectivity index (χ0) is 11.9. The molecule has 4 nitrogen and oxygen atoms in total. The maximum Gasteiger partial charge on any atom is 0.0705 e. The molecule has 16 heavy (non-hydrogen) atoms. The van der Waals surface area contributed by atoms with Crippen molar-refractivity contribution in [3.05, 3.63) is 0 Å². The largest absolute Gasteiger partial charge is 0.385 e. The van der Waals surface area contributed by atoms with Crippen molar-refractivity contribution in [3.8, 4) is 0 Å². The molecule has 3 N–H and O–H groups in total. The fourth-order valence-electron chi connectivity index (χ4n) is 1.96. The Kier molecular flexibility index (Phi) is 6.28. The van der Waals surface area contributed by atoms with E-state index in [1.807, 2.05) is 0 Å². The fraction of sp³-hybridized carbons (Fsp3) is 1.00. The van der Waals surface area contributed by atoms with Crippen LogP contribution in [0.1, 0.15) is 25.7 Å². The van der Waals surface area contributed by atoms with Gasteiger partial charge in [-0.2, -0.15) is 0 Å². The normalized spacial score (nSPS) is 19.7. The first-order valence-electron chi connectivity index (χ1n) is 6.19. The molecule has 0 saturated heterocycles. The van der Waals surface area contributed by atoms with Crippen molar-refractivity contribution in [2.45, 2.75) is 31.8 Å². The molecule has 0 heterocycles. The molecule has 0 bridgehead atoms. The monoisotopic (exact) mass is 230 g/mol. The minimum atomic E-state index is 0.196. The second-order valence-electron chi connectivity index (χ2n) is 4.80. The minimum Gasteiger partial charge on any atom is -0.385 e. The molecule has 0 aromatic heterocycles. The van der Waals surface area contributed by atoms with Crippen molar-refractivity contribution < 1.29 is 9.47 Å². The van der Waals surface area contributed by atoms with Gasteiger partial charge >= 0.3 is 0 Å². The van der Waals surface area contributed by atoms with E-state index in [1.165, 1.54) is 19.3 Å². The van der Waals surface area contributed by atoms with E-state index in [9.17, 15) is 0 Å². The molecule has 0 radical (unpaired) electrons. The molecule has 1 aliphatic carbocycles. The van der Waals surface area contributed by atoms with Crippen LogP contribution >= 0.6 is 0 Å². The quantitative estimate of drug-likeness (QED) is 0.544. The Morgan fingerprint density at radius 1 is 1.38 bits per heavy atom. The van der Waals surface area contributed by atoms with Crippen LogP contribution in [0.4, 0.5) is 0 Å². The third-order valence-corrected chi connectivity index (χ3v) is 3.53. The van der Waals surface area contributed by atoms with Crippen LogP contribution in [-0.2, 0) is 9.47 Å². The topological polar surface area (TPSA) is 56.5 Å². The van der Waals surface area contributed by atoms with Crippen LogP contribution in [0.5, 0.6) is 0 Å². The average molecular weight is 230 g/mol. The number of hydrogen-bond acceptors (Lipinski definition) is 4. The highest BCUT2D eigenvalue weighted by molar-refractivity contribution is 4.94. The fourth-order valence-corrected chi connectivity index (χ4v) is 1.96. The van der Waals surface area contributed by atoms with Gasteiger partial charge in [-0.15, -0.1) is 0 Å². The lowest BCUT2D eigenvalue weighted by atomic mass is 10.0. The van der Waals surface area contributed by atoms with Gasteiger partial charge in [-0.3, -0.25) is 0 Å². The van der Waals surface area contributed by atoms with Crippen LogP contribution in [0, 0.1) is 5.41 Å². The molecule has 0 aliphatic heterocycles. The van der Waals surface area contributed by atoms with Crippen molar-refractivity contribution in [3.63, 3.8) is 0 Å². The van der Waals surface area contributed by atoms with Gasteiger partial charge in [0.05, 0.1) is 6.10 Å². The predicted octanol–water partition coefficient (Wildman–Crippen LogP) is 0.757. The summed E-state index contributed by atoms with van der Waals surface area (Å²) in [6, 6.07) is 0. The van der Waals surface area contributed by atoms with Crippen LogP contribution in [-0.4, -0.2) is 46.6 Å². The third-order valence-electron chi connectivity index (χ3n) is 3.53. The SMILES string of the molecule is COCCC1(CNCCC(CN)OC)CC1. The summed E-state index contributed by atoms with van der Waals surface area (Å²) in [6.07, 6.45) is 5.05. The Morgan fingerprint density at radius 3 is 2.62 bits per heavy atom. The number of rotatable bonds is 10. The van der Waals surface area contributed by atoms with Gasteiger partial charge in [-0.05, 0) is 37.6 Å². The molecule has 0 aromatic carbocycles. The Labute approximate surface area is 98.9 Å². The number of hydrogen-bond donors (Lipinski definition) is 2. The zero-order valence-corrected chi connectivity index (χ0v) is 10.6. The summed E-state index contributed by atoms with van der Waals surface area (Å²) in [5, 5.41) is 3.51. The first-order chi connectivity index (χ1) is 7.76. The van der Waals surface area contributed by atoms with Gasteiger partial charge < -0.3 is 20.5 Å². The van der Waals surface area contributed by atoms with E-state index in [2.05, 4.69) is 5.32 Å². The molecule has 4 heteroatoms. The molecule has 1 unspecified atom stereocenters. The second kappa shape index (κ2) is 7.22. The van der Waals surface area contributed by atoms with Crippen LogP contribution in [0.3, 0.4) is 0 Å². The lowest BCUT2D eigenvalue weighted by molar-refractivity contribution is 0.101. The second-order valence-corrected chi connectivity index (χ2v) is 4.80. The van der Waals surface area contributed by atoms with E-state index in [0.717, 1.165) is 26.1 Å². The Morgan fingerprint density at radius 2 is 2.12 bits per heavy atom. The number of nitrogens with two attached hydrogens (primary N) is 1. The minimum absolute atomic E-state index is 0.196. The van der Waals surface area contributed by atoms with Crippen molar-refractivity contribution in [2.75, 3.05) is 40.5 Å². The molecular weight excluding hydrogens is 204 g/mol. The van der Waals surface area contributed by atoms with Gasteiger partial charge in [0.1, 0.15) is 0 Å². The standard InChI is InChI=1S/C12H26N2O2/c1-15-8-6-12(4-5-12)10-14-7-3-11(9-13)16-2/h11,14H,3-10,13H2,1-2H3. The summed E-state index contributed by atoms with van der Waals surface area (Å²) < 4.78 is 10.4. The molecule has 1 aliphatic rings.